The van der Waals surface area contributed by atoms with Gasteiger partial charge in [0.25, 0.3) is 23.6 Å². The molecule has 0 aliphatic carbocycles. The Bertz CT molecular complexity index is 8000. The van der Waals surface area contributed by atoms with Crippen molar-refractivity contribution >= 4 is 165 Å². The predicted molar refractivity (Wildman–Crippen MR) is 513 cm³/mol. The Labute approximate surface area is 796 Å². The molecule has 0 saturated carbocycles. The molecular formula is C95H81ClF12N16O12S4. The Hall–Kier alpha value is -15.2. The Balaban J connectivity index is 0.000000157. The number of nitrogens with one attached hydrogen (secondary N) is 12. The average molecular weight is 2030 g/mol. The van der Waals surface area contributed by atoms with Crippen LogP contribution in [0.25, 0.3) is 88.6 Å². The molecule has 0 fully saturated rings. The number of carbonyl (C=O) groups excluding carboxylic acids is 4. The van der Waals surface area contributed by atoms with Crippen LogP contribution in [0, 0.1) is 69.8 Å². The van der Waals surface area contributed by atoms with Crippen molar-refractivity contribution in [1.29, 1.82) is 0 Å². The molecule has 8 aromatic heterocycles. The number of H-pyrrole nitrogens is 4. The maximum absolute atomic E-state index is 15.0. The highest BCUT2D eigenvalue weighted by molar-refractivity contribution is 7.93. The number of carbonyl (C=O) groups is 4. The molecule has 728 valence electrons. The Morgan fingerprint density at radius 2 is 0.614 bits per heavy atom. The van der Waals surface area contributed by atoms with Gasteiger partial charge in [-0.25, -0.2) is 106 Å². The number of rotatable bonds is 29. The number of aromatic amines is 4. The minimum absolute atomic E-state index is 0.0101. The van der Waals surface area contributed by atoms with E-state index >= 15 is 4.39 Å². The zero-order valence-electron chi connectivity index (χ0n) is 74.1. The lowest BCUT2D eigenvalue weighted by molar-refractivity contribution is 0.101. The summed E-state index contributed by atoms with van der Waals surface area (Å²) >= 11 is 6.08. The number of halogens is 13. The molecule has 8 heterocycles. The molecule has 28 nitrogen and oxygen atoms in total. The van der Waals surface area contributed by atoms with Crippen molar-refractivity contribution in [2.75, 3.05) is 63.2 Å². The van der Waals surface area contributed by atoms with E-state index in [1.54, 1.807) is 64.2 Å². The lowest BCUT2D eigenvalue weighted by Crippen LogP contribution is -2.20. The predicted octanol–water partition coefficient (Wildman–Crippen LogP) is 22.0. The van der Waals surface area contributed by atoms with Crippen molar-refractivity contribution in [3.8, 4) is 44.5 Å². The first kappa shape index (κ1) is 102. The van der Waals surface area contributed by atoms with Gasteiger partial charge in [-0.1, -0.05) is 89.5 Å². The number of benzene rings is 8. The fourth-order valence-electron chi connectivity index (χ4n) is 14.4. The van der Waals surface area contributed by atoms with Crippen molar-refractivity contribution in [2.24, 2.45) is 0 Å². The van der Waals surface area contributed by atoms with Crippen LogP contribution in [0.2, 0.25) is 5.02 Å². The van der Waals surface area contributed by atoms with E-state index in [4.69, 9.17) is 11.6 Å². The number of nitrogens with zero attached hydrogens (tertiary/aromatic N) is 4. The summed E-state index contributed by atoms with van der Waals surface area (Å²) in [6.07, 6.45) is 12.7. The largest absolute Gasteiger partial charge is 0.346 e. The number of pyridine rings is 4. The van der Waals surface area contributed by atoms with Crippen molar-refractivity contribution in [3.05, 3.63) is 310 Å². The fraction of sp³-hybridized carbons (Fsp3) is 0.158. The van der Waals surface area contributed by atoms with Crippen molar-refractivity contribution in [2.45, 2.75) is 73.1 Å². The van der Waals surface area contributed by atoms with Gasteiger partial charge in [-0.2, -0.15) is 0 Å². The van der Waals surface area contributed by atoms with Crippen LogP contribution in [-0.4, -0.2) is 120 Å². The zero-order chi connectivity index (χ0) is 101. The Morgan fingerprint density at radius 1 is 0.321 bits per heavy atom. The van der Waals surface area contributed by atoms with Gasteiger partial charge in [0, 0.05) is 85.2 Å². The molecule has 16 rings (SSSR count). The Kier molecular flexibility index (Phi) is 31.6. The Morgan fingerprint density at radius 3 is 0.929 bits per heavy atom. The van der Waals surface area contributed by atoms with Crippen LogP contribution in [0.3, 0.4) is 0 Å². The molecule has 8 aromatic carbocycles. The van der Waals surface area contributed by atoms with E-state index in [2.05, 4.69) is 85.8 Å². The lowest BCUT2D eigenvalue weighted by Gasteiger charge is -2.12. The minimum atomic E-state index is -3.89. The topological polar surface area (TPSA) is 416 Å². The summed E-state index contributed by atoms with van der Waals surface area (Å²) in [5, 5.41) is 12.1. The van der Waals surface area contributed by atoms with Crippen LogP contribution in [-0.2, 0) is 40.1 Å². The highest BCUT2D eigenvalue weighted by atomic mass is 35.5. The van der Waals surface area contributed by atoms with Gasteiger partial charge in [0.15, 0.2) is 23.3 Å². The van der Waals surface area contributed by atoms with Gasteiger partial charge in [-0.15, -0.1) is 0 Å². The van der Waals surface area contributed by atoms with Gasteiger partial charge in [-0.3, -0.25) is 38.1 Å². The third kappa shape index (κ3) is 24.3. The van der Waals surface area contributed by atoms with Gasteiger partial charge >= 0.3 is 0 Å². The van der Waals surface area contributed by atoms with Crippen LogP contribution in [0.4, 0.5) is 98.2 Å². The smallest absolute Gasteiger partial charge is 0.261 e. The van der Waals surface area contributed by atoms with Gasteiger partial charge in [0.1, 0.15) is 91.4 Å². The number of fused-ring (bicyclic) bond motifs is 4. The number of hydrogen-bond acceptors (Lipinski definition) is 16. The SMILES string of the molecule is CCCS(=O)(=O)Nc1ccc(F)c(C(=O)Nc2cnc3[nH]cc(-c4cc(F)cc(F)c4)c3c2)c1F.CCCS(=O)(=O)Nc1ccc(F)c(C(=O)Nc2cnc3[nH]cc(-c4cc(F)ccc4F)c3c2)c1F.CCCS(=O)(=O)Nc1ccc(F)c(C(=O)Nc2cnc3[nH]cc(-c4cccc(C(C)C)c4)c3c2)c1F.CCCS(=O)(=O)Nc1ccc(F)c(C(=O)Nc2cnc3[nH]cc(-c4cccc(Cl)c4)c3c2)c1F. The number of hydrogen-bond donors (Lipinski definition) is 12. The molecule has 0 radical (unpaired) electrons. The third-order valence-corrected chi connectivity index (χ3v) is 26.9. The summed E-state index contributed by atoms with van der Waals surface area (Å²) in [4.78, 5) is 79.6. The first-order chi connectivity index (χ1) is 66.4. The first-order valence-corrected chi connectivity index (χ1v) is 49.3. The van der Waals surface area contributed by atoms with Crippen LogP contribution in [0.5, 0.6) is 0 Å². The summed E-state index contributed by atoms with van der Waals surface area (Å²) in [6.45, 7) is 10.7. The maximum atomic E-state index is 15.0. The average Bonchev–Trinajstić information content (AvgIpc) is 1.45. The number of sulfonamides is 4. The number of anilines is 8. The van der Waals surface area contributed by atoms with E-state index in [0.29, 0.717) is 68.1 Å². The zero-order valence-corrected chi connectivity index (χ0v) is 78.1. The van der Waals surface area contributed by atoms with E-state index in [-0.39, 0.29) is 75.3 Å². The maximum Gasteiger partial charge on any atom is 0.261 e. The first-order valence-electron chi connectivity index (χ1n) is 42.3. The fourth-order valence-corrected chi connectivity index (χ4v) is 19.2. The lowest BCUT2D eigenvalue weighted by atomic mass is 9.97. The quantitative estimate of drug-likeness (QED) is 0.0194. The van der Waals surface area contributed by atoms with E-state index < -0.39 is 179 Å². The summed E-state index contributed by atoms with van der Waals surface area (Å²) in [5.74, 6) is -18.2. The van der Waals surface area contributed by atoms with Gasteiger partial charge in [0.05, 0.1) is 93.3 Å². The minimum Gasteiger partial charge on any atom is -0.346 e. The van der Waals surface area contributed by atoms with Crippen molar-refractivity contribution < 1.29 is 106 Å². The summed E-state index contributed by atoms with van der Waals surface area (Å²) < 4.78 is 277. The standard InChI is InChI=1S/C26H26F2N4O3S.C23H19ClF2N4O3S.2C23H18F4N4O3S/c1-4-10-36(34,35)32-22-9-8-21(27)23(24(22)28)26(33)31-18-12-19-20(14-30-25(19)29-13-18)17-7-5-6-16(11-17)15(2)3;1-2-8-34(32,33)30-19-7-6-18(25)20(21(19)26)23(31)29-15-10-16-17(12-28-22(16)27-11-15)13-4-3-5-14(24)9-13;1-2-7-35(33,34)31-19-6-5-18(26)20(21(19)27)23(32)30-13-9-15-16(11-29-22(15)28-10-13)14-8-12(24)3-4-17(14)25;1-2-5-35(33,34)31-19-4-3-18(26)20(21(19)27)23(32)30-15-9-16-17(11-29-22(16)28-10-15)12-6-13(24)8-14(25)7-12/h5-9,11-15,32H,4,10H2,1-3H3,(H,29,30)(H,31,33);3-7,9-12,30H,2,8H2,1H3,(H,27,28)(H,29,31);3-6,8-11,31H,2,7H2,1H3,(H,28,29)(H,30,32);3-4,6-11,31H,2,5H2,1H3,(H,28,29)(H,30,32). The summed E-state index contributed by atoms with van der Waals surface area (Å²) in [7, 11) is -15.5. The highest BCUT2D eigenvalue weighted by Crippen LogP contribution is 2.39. The second-order valence-electron chi connectivity index (χ2n) is 31.5. The molecule has 0 aliphatic rings. The van der Waals surface area contributed by atoms with E-state index in [0.717, 1.165) is 113 Å². The number of aromatic nitrogens is 8. The van der Waals surface area contributed by atoms with Gasteiger partial charge in [-0.05, 0) is 169 Å². The molecule has 12 N–H and O–H groups in total. The molecule has 0 atom stereocenters. The van der Waals surface area contributed by atoms with Crippen molar-refractivity contribution in [1.82, 2.24) is 39.9 Å². The highest BCUT2D eigenvalue weighted by Gasteiger charge is 2.30. The molecule has 0 bridgehead atoms. The van der Waals surface area contributed by atoms with Crippen LogP contribution < -0.4 is 40.2 Å². The van der Waals surface area contributed by atoms with E-state index in [1.807, 2.05) is 44.6 Å². The second kappa shape index (κ2) is 43.3. The molecule has 16 aromatic rings. The van der Waals surface area contributed by atoms with Crippen LogP contribution in [0.15, 0.2) is 207 Å². The molecule has 140 heavy (non-hydrogen) atoms. The monoisotopic (exact) mass is 2030 g/mol. The molecular weight excluding hydrogens is 1950 g/mol. The van der Waals surface area contributed by atoms with E-state index in [1.165, 1.54) is 54.9 Å². The third-order valence-electron chi connectivity index (χ3n) is 20.8. The number of amides is 4. The van der Waals surface area contributed by atoms with Crippen molar-refractivity contribution in [3.63, 3.8) is 0 Å². The molecule has 0 aliphatic heterocycles. The van der Waals surface area contributed by atoms with Crippen LogP contribution in [0.1, 0.15) is 120 Å². The van der Waals surface area contributed by atoms with E-state index in [9.17, 15) is 101 Å². The molecule has 0 saturated heterocycles. The van der Waals surface area contributed by atoms with Gasteiger partial charge in [0.2, 0.25) is 40.1 Å². The molecule has 4 amide bonds. The molecule has 0 spiro atoms. The summed E-state index contributed by atoms with van der Waals surface area (Å²) in [5.41, 5.74) is 1.62. The second-order valence-corrected chi connectivity index (χ2v) is 39.3. The van der Waals surface area contributed by atoms with Gasteiger partial charge < -0.3 is 41.2 Å². The normalized spacial score (nSPS) is 11.6. The van der Waals surface area contributed by atoms with Crippen LogP contribution >= 0.6 is 11.6 Å². The molecule has 0 unspecified atom stereocenters. The summed E-state index contributed by atoms with van der Waals surface area (Å²) in [6, 6.07) is 34.0. The molecule has 45 heteroatoms.